The fourth-order valence-corrected chi connectivity index (χ4v) is 3.07. The molecule has 1 aliphatic rings. The summed E-state index contributed by atoms with van der Waals surface area (Å²) in [5, 5.41) is 3.51. The Kier molecular flexibility index (Phi) is 6.50. The molecule has 1 N–H and O–H groups in total. The molecule has 2 heteroatoms. The van der Waals surface area contributed by atoms with Gasteiger partial charge in [0.15, 0.2) is 0 Å². The van der Waals surface area contributed by atoms with Gasteiger partial charge in [0.2, 0.25) is 0 Å². The Balaban J connectivity index is 2.32. The summed E-state index contributed by atoms with van der Waals surface area (Å²) in [5.41, 5.74) is 0.434. The van der Waals surface area contributed by atoms with Gasteiger partial charge in [-0.25, -0.2) is 0 Å². The van der Waals surface area contributed by atoms with Crippen molar-refractivity contribution in [2.24, 2.45) is 11.3 Å². The Hall–Kier alpha value is -0.0800. The quantitative estimate of drug-likeness (QED) is 0.701. The molecule has 0 aromatic carbocycles. The summed E-state index contributed by atoms with van der Waals surface area (Å²) in [7, 11) is 2.30. The molecule has 0 radical (unpaired) electrons. The first kappa shape index (κ1) is 15.0. The SMILES string of the molecule is CCNCC(C)(CC)CN(C)CC1CCCC1. The second-order valence-electron chi connectivity index (χ2n) is 6.29. The van der Waals surface area contributed by atoms with Gasteiger partial charge in [0, 0.05) is 19.6 Å². The summed E-state index contributed by atoms with van der Waals surface area (Å²) >= 11 is 0. The van der Waals surface area contributed by atoms with Crippen molar-refractivity contribution in [3.8, 4) is 0 Å². The van der Waals surface area contributed by atoms with E-state index in [4.69, 9.17) is 0 Å². The van der Waals surface area contributed by atoms with Gasteiger partial charge in [0.1, 0.15) is 0 Å². The van der Waals surface area contributed by atoms with Crippen LogP contribution in [-0.2, 0) is 0 Å². The average molecular weight is 240 g/mol. The zero-order chi connectivity index (χ0) is 12.7. The molecule has 17 heavy (non-hydrogen) atoms. The lowest BCUT2D eigenvalue weighted by atomic mass is 9.86. The van der Waals surface area contributed by atoms with Crippen LogP contribution in [0, 0.1) is 11.3 Å². The lowest BCUT2D eigenvalue weighted by Crippen LogP contribution is -2.41. The van der Waals surface area contributed by atoms with E-state index in [2.05, 4.69) is 38.0 Å². The molecule has 1 fully saturated rings. The van der Waals surface area contributed by atoms with Gasteiger partial charge in [-0.2, -0.15) is 0 Å². The molecule has 0 amide bonds. The monoisotopic (exact) mass is 240 g/mol. The fraction of sp³-hybridized carbons (Fsp3) is 1.00. The van der Waals surface area contributed by atoms with Gasteiger partial charge in [0.25, 0.3) is 0 Å². The first-order chi connectivity index (χ1) is 8.09. The predicted octanol–water partition coefficient (Wildman–Crippen LogP) is 3.13. The maximum Gasteiger partial charge on any atom is 0.00444 e. The van der Waals surface area contributed by atoms with Crippen molar-refractivity contribution in [3.05, 3.63) is 0 Å². The third kappa shape index (κ3) is 5.39. The number of nitrogens with one attached hydrogen (secondary N) is 1. The van der Waals surface area contributed by atoms with Crippen molar-refractivity contribution in [3.63, 3.8) is 0 Å². The van der Waals surface area contributed by atoms with E-state index >= 15 is 0 Å². The molecule has 1 rings (SSSR count). The Morgan fingerprint density at radius 1 is 1.24 bits per heavy atom. The molecule has 1 atom stereocenters. The summed E-state index contributed by atoms with van der Waals surface area (Å²) in [6, 6.07) is 0. The van der Waals surface area contributed by atoms with Crippen LogP contribution in [0.2, 0.25) is 0 Å². The van der Waals surface area contributed by atoms with Gasteiger partial charge in [-0.3, -0.25) is 0 Å². The zero-order valence-corrected chi connectivity index (χ0v) is 12.4. The fourth-order valence-electron chi connectivity index (χ4n) is 3.07. The summed E-state index contributed by atoms with van der Waals surface area (Å²) in [5.74, 6) is 0.972. The molecular weight excluding hydrogens is 208 g/mol. The molecule has 1 aliphatic carbocycles. The molecule has 1 unspecified atom stereocenters. The highest BCUT2D eigenvalue weighted by Crippen LogP contribution is 2.27. The first-order valence-electron chi connectivity index (χ1n) is 7.49. The number of rotatable bonds is 8. The van der Waals surface area contributed by atoms with Crippen molar-refractivity contribution in [2.45, 2.75) is 52.9 Å². The van der Waals surface area contributed by atoms with Gasteiger partial charge in [-0.15, -0.1) is 0 Å². The topological polar surface area (TPSA) is 15.3 Å². The van der Waals surface area contributed by atoms with Crippen molar-refractivity contribution >= 4 is 0 Å². The largest absolute Gasteiger partial charge is 0.316 e. The molecule has 0 aromatic rings. The predicted molar refractivity (Wildman–Crippen MR) is 76.4 cm³/mol. The molecule has 0 bridgehead atoms. The second-order valence-corrected chi connectivity index (χ2v) is 6.29. The minimum atomic E-state index is 0.434. The van der Waals surface area contributed by atoms with E-state index < -0.39 is 0 Å². The summed E-state index contributed by atoms with van der Waals surface area (Å²) in [6.45, 7) is 11.7. The van der Waals surface area contributed by atoms with Crippen LogP contribution < -0.4 is 5.32 Å². The normalized spacial score (nSPS) is 21.0. The van der Waals surface area contributed by atoms with Gasteiger partial charge < -0.3 is 10.2 Å². The molecule has 0 spiro atoms. The van der Waals surface area contributed by atoms with Crippen molar-refractivity contribution in [1.29, 1.82) is 0 Å². The van der Waals surface area contributed by atoms with Crippen LogP contribution in [0.15, 0.2) is 0 Å². The van der Waals surface area contributed by atoms with Crippen LogP contribution in [0.3, 0.4) is 0 Å². The minimum Gasteiger partial charge on any atom is -0.316 e. The molecule has 0 aromatic heterocycles. The van der Waals surface area contributed by atoms with Crippen LogP contribution in [0.1, 0.15) is 52.9 Å². The maximum atomic E-state index is 3.51. The van der Waals surface area contributed by atoms with E-state index in [0.29, 0.717) is 5.41 Å². The van der Waals surface area contributed by atoms with E-state index in [0.717, 1.165) is 19.0 Å². The number of hydrogen-bond donors (Lipinski definition) is 1. The lowest BCUT2D eigenvalue weighted by Gasteiger charge is -2.34. The zero-order valence-electron chi connectivity index (χ0n) is 12.4. The van der Waals surface area contributed by atoms with Crippen LogP contribution >= 0.6 is 0 Å². The van der Waals surface area contributed by atoms with E-state index in [-0.39, 0.29) is 0 Å². The Bertz CT molecular complexity index is 199. The van der Waals surface area contributed by atoms with E-state index in [1.165, 1.54) is 45.2 Å². The second kappa shape index (κ2) is 7.38. The van der Waals surface area contributed by atoms with E-state index in [1.54, 1.807) is 0 Å². The summed E-state index contributed by atoms with van der Waals surface area (Å²) < 4.78 is 0. The number of hydrogen-bond acceptors (Lipinski definition) is 2. The minimum absolute atomic E-state index is 0.434. The summed E-state index contributed by atoms with van der Waals surface area (Å²) in [4.78, 5) is 2.57. The van der Waals surface area contributed by atoms with E-state index in [9.17, 15) is 0 Å². The molecule has 0 aliphatic heterocycles. The molecule has 0 saturated heterocycles. The van der Waals surface area contributed by atoms with Gasteiger partial charge in [-0.1, -0.05) is 33.6 Å². The molecule has 2 nitrogen and oxygen atoms in total. The van der Waals surface area contributed by atoms with Crippen molar-refractivity contribution < 1.29 is 0 Å². The molecule has 1 saturated carbocycles. The highest BCUT2D eigenvalue weighted by Gasteiger charge is 2.25. The number of nitrogens with zero attached hydrogens (tertiary/aromatic N) is 1. The van der Waals surface area contributed by atoms with Crippen molar-refractivity contribution in [1.82, 2.24) is 10.2 Å². The Labute approximate surface area is 108 Å². The van der Waals surface area contributed by atoms with Crippen LogP contribution in [0.25, 0.3) is 0 Å². The average Bonchev–Trinajstić information content (AvgIpc) is 2.79. The highest BCUT2D eigenvalue weighted by molar-refractivity contribution is 4.80. The maximum absolute atomic E-state index is 3.51. The van der Waals surface area contributed by atoms with E-state index in [1.807, 2.05) is 0 Å². The Morgan fingerprint density at radius 2 is 1.88 bits per heavy atom. The Morgan fingerprint density at radius 3 is 2.41 bits per heavy atom. The van der Waals surface area contributed by atoms with Gasteiger partial charge in [0.05, 0.1) is 0 Å². The summed E-state index contributed by atoms with van der Waals surface area (Å²) in [6.07, 6.45) is 7.09. The van der Waals surface area contributed by atoms with Crippen LogP contribution in [0.4, 0.5) is 0 Å². The molecular formula is C15H32N2. The molecule has 0 heterocycles. The smallest absolute Gasteiger partial charge is 0.00444 e. The standard InChI is InChI=1S/C15H32N2/c1-5-15(3,12-16-6-2)13-17(4)11-14-9-7-8-10-14/h14,16H,5-13H2,1-4H3. The van der Waals surface area contributed by atoms with Gasteiger partial charge >= 0.3 is 0 Å². The van der Waals surface area contributed by atoms with Crippen LogP contribution in [-0.4, -0.2) is 38.1 Å². The first-order valence-corrected chi connectivity index (χ1v) is 7.49. The highest BCUT2D eigenvalue weighted by atomic mass is 15.1. The third-order valence-electron chi connectivity index (χ3n) is 4.35. The van der Waals surface area contributed by atoms with Crippen molar-refractivity contribution in [2.75, 3.05) is 33.2 Å². The van der Waals surface area contributed by atoms with Gasteiger partial charge in [-0.05, 0) is 44.2 Å². The molecule has 102 valence electrons. The van der Waals surface area contributed by atoms with Crippen LogP contribution in [0.5, 0.6) is 0 Å². The lowest BCUT2D eigenvalue weighted by molar-refractivity contribution is 0.164. The third-order valence-corrected chi connectivity index (χ3v) is 4.35.